The first-order chi connectivity index (χ1) is 11.3. The highest BCUT2D eigenvalue weighted by Gasteiger charge is 1.93. The van der Waals surface area contributed by atoms with E-state index in [2.05, 4.69) is 51.2 Å². The summed E-state index contributed by atoms with van der Waals surface area (Å²) in [7, 11) is 0. The number of nitrogens with one attached hydrogen (secondary N) is 1. The molecule has 1 N–H and O–H groups in total. The Morgan fingerprint density at radius 1 is 0.917 bits per heavy atom. The summed E-state index contributed by atoms with van der Waals surface area (Å²) in [5, 5.41) is 2.76. The Bertz CT molecular complexity index is 526. The Balaban J connectivity index is 4.25. The summed E-state index contributed by atoms with van der Waals surface area (Å²) >= 11 is 0. The van der Waals surface area contributed by atoms with Gasteiger partial charge in [-0.2, -0.15) is 0 Å². The van der Waals surface area contributed by atoms with Gasteiger partial charge in [-0.1, -0.05) is 47.1 Å². The number of allylic oxidation sites excluding steroid dienone is 9. The highest BCUT2D eigenvalue weighted by atomic mass is 16.1. The van der Waals surface area contributed by atoms with Gasteiger partial charge in [0.2, 0.25) is 5.91 Å². The van der Waals surface area contributed by atoms with E-state index in [-0.39, 0.29) is 5.91 Å². The smallest absolute Gasteiger partial charge is 0.244 e. The molecule has 0 saturated heterocycles. The molecule has 134 valence electrons. The Kier molecular flexibility index (Phi) is 12.6. The van der Waals surface area contributed by atoms with E-state index in [0.717, 1.165) is 31.3 Å². The molecule has 24 heavy (non-hydrogen) atoms. The molecular weight excluding hydrogens is 294 g/mol. The molecular formula is C22H35NO. The van der Waals surface area contributed by atoms with E-state index in [0.29, 0.717) is 6.54 Å². The number of carbonyl (C=O) groups excluding carboxylic acids is 1. The van der Waals surface area contributed by atoms with Crippen molar-refractivity contribution < 1.29 is 4.79 Å². The van der Waals surface area contributed by atoms with Gasteiger partial charge in [-0.15, -0.1) is 0 Å². The molecule has 0 radical (unpaired) electrons. The Labute approximate surface area is 149 Å². The molecule has 2 nitrogen and oxygen atoms in total. The topological polar surface area (TPSA) is 29.1 Å². The highest BCUT2D eigenvalue weighted by Crippen LogP contribution is 2.11. The van der Waals surface area contributed by atoms with Crippen LogP contribution in [0.4, 0.5) is 0 Å². The van der Waals surface area contributed by atoms with Crippen molar-refractivity contribution in [1.29, 1.82) is 0 Å². The maximum atomic E-state index is 11.4. The van der Waals surface area contributed by atoms with Crippen molar-refractivity contribution >= 4 is 5.91 Å². The molecule has 0 aliphatic carbocycles. The summed E-state index contributed by atoms with van der Waals surface area (Å²) in [4.78, 5) is 11.4. The highest BCUT2D eigenvalue weighted by molar-refractivity contribution is 5.88. The average molecular weight is 330 g/mol. The monoisotopic (exact) mass is 329 g/mol. The number of carbonyl (C=O) groups is 1. The fourth-order valence-corrected chi connectivity index (χ4v) is 2.16. The van der Waals surface area contributed by atoms with Gasteiger partial charge >= 0.3 is 0 Å². The van der Waals surface area contributed by atoms with Crippen LogP contribution >= 0.6 is 0 Å². The summed E-state index contributed by atoms with van der Waals surface area (Å²) in [6.45, 7) is 13.2. The van der Waals surface area contributed by atoms with E-state index in [1.54, 1.807) is 6.08 Å². The molecule has 0 heterocycles. The summed E-state index contributed by atoms with van der Waals surface area (Å²) in [5.41, 5.74) is 5.17. The predicted octanol–water partition coefficient (Wildman–Crippen LogP) is 6.04. The molecule has 0 aromatic heterocycles. The number of hydrogen-bond acceptors (Lipinski definition) is 1. The number of rotatable bonds is 10. The standard InChI is InChI=1S/C22H35NO/c1-7-23-22(24)17-21(6)16-10-15-20(5)14-9-13-19(4)12-8-11-18(2)3/h10-11,13,15-17H,7-9,12,14H2,1-6H3,(H,23,24)/b16-10+,19-13+,20-15+,21-17+. The fraction of sp³-hybridized carbons (Fsp3) is 0.500. The van der Waals surface area contributed by atoms with Gasteiger partial charge in [-0.05, 0) is 72.8 Å². The Morgan fingerprint density at radius 2 is 1.54 bits per heavy atom. The number of likely N-dealkylation sites (N-methyl/N-ethyl adjacent to an activating group) is 1. The molecule has 0 aromatic carbocycles. The second-order valence-corrected chi connectivity index (χ2v) is 6.56. The first-order valence-electron chi connectivity index (χ1n) is 8.94. The quantitative estimate of drug-likeness (QED) is 0.295. The first kappa shape index (κ1) is 22.2. The van der Waals surface area contributed by atoms with E-state index < -0.39 is 0 Å². The fourth-order valence-electron chi connectivity index (χ4n) is 2.16. The predicted molar refractivity (Wildman–Crippen MR) is 107 cm³/mol. The molecule has 0 spiro atoms. The van der Waals surface area contributed by atoms with Crippen LogP contribution in [0.5, 0.6) is 0 Å². The van der Waals surface area contributed by atoms with E-state index in [1.807, 2.05) is 26.0 Å². The van der Waals surface area contributed by atoms with Gasteiger partial charge in [-0.25, -0.2) is 0 Å². The van der Waals surface area contributed by atoms with E-state index >= 15 is 0 Å². The lowest BCUT2D eigenvalue weighted by atomic mass is 10.1. The van der Waals surface area contributed by atoms with Crippen LogP contribution in [0.3, 0.4) is 0 Å². The minimum atomic E-state index is -0.0333. The van der Waals surface area contributed by atoms with Crippen molar-refractivity contribution in [2.75, 3.05) is 6.54 Å². The molecule has 1 amide bonds. The third kappa shape index (κ3) is 13.8. The van der Waals surface area contributed by atoms with Crippen LogP contribution in [0.1, 0.15) is 67.2 Å². The zero-order valence-corrected chi connectivity index (χ0v) is 16.4. The Morgan fingerprint density at radius 3 is 2.17 bits per heavy atom. The van der Waals surface area contributed by atoms with Gasteiger partial charge in [0, 0.05) is 12.6 Å². The van der Waals surface area contributed by atoms with Crippen molar-refractivity contribution in [3.63, 3.8) is 0 Å². The normalized spacial score (nSPS) is 13.3. The zero-order valence-electron chi connectivity index (χ0n) is 16.4. The average Bonchev–Trinajstić information content (AvgIpc) is 2.46. The Hall–Kier alpha value is -1.83. The van der Waals surface area contributed by atoms with Gasteiger partial charge < -0.3 is 5.32 Å². The molecule has 0 unspecified atom stereocenters. The molecule has 0 aromatic rings. The minimum Gasteiger partial charge on any atom is -0.353 e. The third-order valence-corrected chi connectivity index (χ3v) is 3.57. The first-order valence-corrected chi connectivity index (χ1v) is 8.94. The second-order valence-electron chi connectivity index (χ2n) is 6.56. The van der Waals surface area contributed by atoms with Crippen molar-refractivity contribution in [1.82, 2.24) is 5.32 Å². The summed E-state index contributed by atoms with van der Waals surface area (Å²) in [6.07, 6.45) is 16.8. The summed E-state index contributed by atoms with van der Waals surface area (Å²) in [5.74, 6) is -0.0333. The molecule has 0 aliphatic heterocycles. The van der Waals surface area contributed by atoms with Crippen molar-refractivity contribution in [3.8, 4) is 0 Å². The molecule has 0 rings (SSSR count). The SMILES string of the molecule is CCNC(=O)/C=C(C)/C=C/C=C(\C)CC/C=C(\C)CCC=C(C)C. The summed E-state index contributed by atoms with van der Waals surface area (Å²) < 4.78 is 0. The van der Waals surface area contributed by atoms with E-state index in [4.69, 9.17) is 0 Å². The van der Waals surface area contributed by atoms with E-state index in [1.165, 1.54) is 16.7 Å². The maximum Gasteiger partial charge on any atom is 0.244 e. The molecule has 0 atom stereocenters. The third-order valence-electron chi connectivity index (χ3n) is 3.57. The van der Waals surface area contributed by atoms with Crippen molar-refractivity contribution in [2.45, 2.75) is 67.2 Å². The lowest BCUT2D eigenvalue weighted by molar-refractivity contribution is -0.116. The molecule has 0 fully saturated rings. The number of hydrogen-bond donors (Lipinski definition) is 1. The van der Waals surface area contributed by atoms with Gasteiger partial charge in [0.1, 0.15) is 0 Å². The lowest BCUT2D eigenvalue weighted by Crippen LogP contribution is -2.20. The van der Waals surface area contributed by atoms with Crippen LogP contribution in [-0.2, 0) is 4.79 Å². The van der Waals surface area contributed by atoms with Crippen molar-refractivity contribution in [2.24, 2.45) is 0 Å². The zero-order chi connectivity index (χ0) is 18.4. The molecule has 0 saturated carbocycles. The largest absolute Gasteiger partial charge is 0.353 e. The van der Waals surface area contributed by atoms with E-state index in [9.17, 15) is 4.79 Å². The summed E-state index contributed by atoms with van der Waals surface area (Å²) in [6, 6.07) is 0. The van der Waals surface area contributed by atoms with Crippen LogP contribution in [-0.4, -0.2) is 12.5 Å². The van der Waals surface area contributed by atoms with Crippen LogP contribution < -0.4 is 5.32 Å². The lowest BCUT2D eigenvalue weighted by Gasteiger charge is -2.00. The van der Waals surface area contributed by atoms with Crippen LogP contribution in [0.25, 0.3) is 0 Å². The second kappa shape index (κ2) is 13.6. The maximum absolute atomic E-state index is 11.4. The van der Waals surface area contributed by atoms with Crippen LogP contribution in [0, 0.1) is 0 Å². The van der Waals surface area contributed by atoms with Gasteiger partial charge in [0.05, 0.1) is 0 Å². The van der Waals surface area contributed by atoms with Gasteiger partial charge in [0.15, 0.2) is 0 Å². The van der Waals surface area contributed by atoms with Crippen LogP contribution in [0.15, 0.2) is 58.7 Å². The minimum absolute atomic E-state index is 0.0333. The van der Waals surface area contributed by atoms with Crippen molar-refractivity contribution in [3.05, 3.63) is 58.7 Å². The molecule has 2 heteroatoms. The van der Waals surface area contributed by atoms with Gasteiger partial charge in [-0.3, -0.25) is 4.79 Å². The van der Waals surface area contributed by atoms with Gasteiger partial charge in [0.25, 0.3) is 0 Å². The van der Waals surface area contributed by atoms with Crippen LogP contribution in [0.2, 0.25) is 0 Å². The molecule has 0 aliphatic rings. The molecule has 0 bridgehead atoms. The number of amides is 1.